The Morgan fingerprint density at radius 1 is 1.00 bits per heavy atom. The Morgan fingerprint density at radius 2 is 1.65 bits per heavy atom. The third-order valence-corrected chi connectivity index (χ3v) is 3.55. The molecule has 23 heavy (non-hydrogen) atoms. The lowest BCUT2D eigenvalue weighted by atomic mass is 9.94. The number of halogens is 1. The van der Waals surface area contributed by atoms with Crippen LogP contribution in [0, 0.1) is 5.82 Å². The molecule has 0 N–H and O–H groups in total. The molecule has 116 valence electrons. The molecule has 3 rings (SSSR count). The molecule has 0 bridgehead atoms. The van der Waals surface area contributed by atoms with Gasteiger partial charge in [0.05, 0.1) is 24.1 Å². The minimum absolute atomic E-state index is 0.0700. The molecule has 0 unspecified atom stereocenters. The van der Waals surface area contributed by atoms with Crippen molar-refractivity contribution < 1.29 is 18.7 Å². The molecule has 0 atom stereocenters. The molecule has 5 heteroatoms. The van der Waals surface area contributed by atoms with Crippen molar-refractivity contribution in [1.82, 2.24) is 0 Å². The topological polar surface area (TPSA) is 46.6 Å². The van der Waals surface area contributed by atoms with Crippen LogP contribution in [0.1, 0.15) is 22.8 Å². The summed E-state index contributed by atoms with van der Waals surface area (Å²) in [5.41, 5.74) is 0.981. The highest BCUT2D eigenvalue weighted by atomic mass is 19.1. The Kier molecular flexibility index (Phi) is 3.93. The van der Waals surface area contributed by atoms with Crippen molar-refractivity contribution >= 4 is 23.1 Å². The molecular weight excluding hydrogens is 297 g/mol. The number of nitrogens with zero attached hydrogens (tertiary/aromatic N) is 1. The van der Waals surface area contributed by atoms with Gasteiger partial charge in [-0.2, -0.15) is 0 Å². The number of benzene rings is 2. The lowest BCUT2D eigenvalue weighted by Crippen LogP contribution is -2.42. The van der Waals surface area contributed by atoms with Crippen LogP contribution in [0.4, 0.5) is 10.1 Å². The highest BCUT2D eigenvalue weighted by Crippen LogP contribution is 2.33. The zero-order valence-corrected chi connectivity index (χ0v) is 12.5. The lowest BCUT2D eigenvalue weighted by molar-refractivity contribution is -0.113. The lowest BCUT2D eigenvalue weighted by Gasteiger charge is -2.28. The van der Waals surface area contributed by atoms with Crippen LogP contribution in [-0.2, 0) is 9.53 Å². The predicted molar refractivity (Wildman–Crippen MR) is 84.3 cm³/mol. The molecule has 1 aliphatic heterocycles. The fourth-order valence-corrected chi connectivity index (χ4v) is 2.49. The Labute approximate surface area is 132 Å². The van der Waals surface area contributed by atoms with Gasteiger partial charge in [0, 0.05) is 11.1 Å². The van der Waals surface area contributed by atoms with Crippen molar-refractivity contribution in [2.75, 3.05) is 11.5 Å². The highest BCUT2D eigenvalue weighted by molar-refractivity contribution is 6.40. The summed E-state index contributed by atoms with van der Waals surface area (Å²) < 4.78 is 19.3. The summed E-state index contributed by atoms with van der Waals surface area (Å²) in [6.07, 6.45) is 1.32. The number of rotatable bonds is 3. The van der Waals surface area contributed by atoms with Gasteiger partial charge in [-0.05, 0) is 25.1 Å². The summed E-state index contributed by atoms with van der Waals surface area (Å²) in [7, 11) is 0. The minimum atomic E-state index is -0.635. The standard InChI is InChI=1S/C18H14FNO3/c1-2-23-11-14-12-7-3-4-8-13(12)17(21)20(18(14)22)16-10-6-5-9-15(16)19/h3-11H,2H2,1H3. The first-order valence-corrected chi connectivity index (χ1v) is 7.19. The Hall–Kier alpha value is -2.95. The van der Waals surface area contributed by atoms with Gasteiger partial charge in [-0.1, -0.05) is 30.3 Å². The molecule has 0 spiro atoms. The van der Waals surface area contributed by atoms with Crippen molar-refractivity contribution in [1.29, 1.82) is 0 Å². The van der Waals surface area contributed by atoms with E-state index in [0.717, 1.165) is 4.90 Å². The van der Waals surface area contributed by atoms with Crippen LogP contribution in [0.5, 0.6) is 0 Å². The van der Waals surface area contributed by atoms with Crippen LogP contribution in [0.2, 0.25) is 0 Å². The van der Waals surface area contributed by atoms with Crippen molar-refractivity contribution in [2.24, 2.45) is 0 Å². The number of ether oxygens (including phenoxy) is 1. The second-order valence-corrected chi connectivity index (χ2v) is 4.93. The number of amides is 2. The fraction of sp³-hybridized carbons (Fsp3) is 0.111. The molecule has 0 radical (unpaired) electrons. The summed E-state index contributed by atoms with van der Waals surface area (Å²) in [6.45, 7) is 2.17. The SMILES string of the molecule is CCOC=C1C(=O)N(c2ccccc2F)C(=O)c2ccccc21. The first kappa shape index (κ1) is 15.0. The Balaban J connectivity index is 2.19. The molecule has 1 heterocycles. The van der Waals surface area contributed by atoms with E-state index in [1.807, 2.05) is 0 Å². The van der Waals surface area contributed by atoms with E-state index in [1.165, 1.54) is 24.5 Å². The van der Waals surface area contributed by atoms with E-state index in [1.54, 1.807) is 37.3 Å². The van der Waals surface area contributed by atoms with Gasteiger partial charge in [0.15, 0.2) is 0 Å². The molecule has 2 aromatic rings. The second kappa shape index (κ2) is 6.04. The first-order valence-electron chi connectivity index (χ1n) is 7.19. The number of imide groups is 1. The van der Waals surface area contributed by atoms with Gasteiger partial charge in [-0.15, -0.1) is 0 Å². The van der Waals surface area contributed by atoms with Gasteiger partial charge < -0.3 is 4.74 Å². The van der Waals surface area contributed by atoms with Gasteiger partial charge in [0.1, 0.15) is 5.82 Å². The monoisotopic (exact) mass is 311 g/mol. The average Bonchev–Trinajstić information content (AvgIpc) is 2.57. The predicted octanol–water partition coefficient (Wildman–Crippen LogP) is 3.39. The van der Waals surface area contributed by atoms with Crippen molar-refractivity contribution in [3.05, 3.63) is 71.7 Å². The van der Waals surface area contributed by atoms with E-state index in [-0.39, 0.29) is 11.3 Å². The minimum Gasteiger partial charge on any atom is -0.501 e. The van der Waals surface area contributed by atoms with Crippen molar-refractivity contribution in [2.45, 2.75) is 6.92 Å². The van der Waals surface area contributed by atoms with Crippen LogP contribution < -0.4 is 4.90 Å². The molecule has 0 saturated heterocycles. The summed E-state index contributed by atoms with van der Waals surface area (Å²) in [4.78, 5) is 26.3. The van der Waals surface area contributed by atoms with Gasteiger partial charge in [-0.3, -0.25) is 9.59 Å². The highest BCUT2D eigenvalue weighted by Gasteiger charge is 2.37. The number of para-hydroxylation sites is 1. The van der Waals surface area contributed by atoms with Gasteiger partial charge in [-0.25, -0.2) is 9.29 Å². The number of carbonyl (C=O) groups is 2. The number of hydrogen-bond acceptors (Lipinski definition) is 3. The van der Waals surface area contributed by atoms with Crippen LogP contribution in [0.25, 0.3) is 5.57 Å². The normalized spacial score (nSPS) is 15.7. The quantitative estimate of drug-likeness (QED) is 0.496. The van der Waals surface area contributed by atoms with E-state index in [4.69, 9.17) is 4.74 Å². The summed E-state index contributed by atoms with van der Waals surface area (Å²) in [5.74, 6) is -1.79. The number of hydrogen-bond donors (Lipinski definition) is 0. The second-order valence-electron chi connectivity index (χ2n) is 4.93. The van der Waals surface area contributed by atoms with Crippen molar-refractivity contribution in [3.63, 3.8) is 0 Å². The third kappa shape index (κ3) is 2.50. The average molecular weight is 311 g/mol. The van der Waals surface area contributed by atoms with Crippen LogP contribution in [0.3, 0.4) is 0 Å². The summed E-state index contributed by atoms with van der Waals surface area (Å²) >= 11 is 0. The van der Waals surface area contributed by atoms with E-state index in [2.05, 4.69) is 0 Å². The summed E-state index contributed by atoms with van der Waals surface area (Å²) in [5, 5.41) is 0. The zero-order chi connectivity index (χ0) is 16.4. The first-order chi connectivity index (χ1) is 11.1. The molecule has 2 amide bonds. The largest absolute Gasteiger partial charge is 0.501 e. The van der Waals surface area contributed by atoms with Crippen LogP contribution in [-0.4, -0.2) is 18.4 Å². The molecule has 2 aromatic carbocycles. The van der Waals surface area contributed by atoms with Gasteiger partial charge >= 0.3 is 0 Å². The third-order valence-electron chi connectivity index (χ3n) is 3.55. The van der Waals surface area contributed by atoms with Gasteiger partial charge in [0.25, 0.3) is 11.8 Å². The molecule has 1 aliphatic rings. The molecular formula is C18H14FNO3. The Bertz CT molecular complexity index is 813. The zero-order valence-electron chi connectivity index (χ0n) is 12.5. The van der Waals surface area contributed by atoms with E-state index in [0.29, 0.717) is 17.7 Å². The van der Waals surface area contributed by atoms with E-state index >= 15 is 0 Å². The molecule has 0 fully saturated rings. The molecule has 4 nitrogen and oxygen atoms in total. The number of fused-ring (bicyclic) bond motifs is 1. The number of anilines is 1. The summed E-state index contributed by atoms with van der Waals surface area (Å²) in [6, 6.07) is 12.4. The van der Waals surface area contributed by atoms with E-state index < -0.39 is 17.6 Å². The van der Waals surface area contributed by atoms with E-state index in [9.17, 15) is 14.0 Å². The molecule has 0 aromatic heterocycles. The van der Waals surface area contributed by atoms with Crippen molar-refractivity contribution in [3.8, 4) is 0 Å². The maximum Gasteiger partial charge on any atom is 0.269 e. The van der Waals surface area contributed by atoms with Gasteiger partial charge in [0.2, 0.25) is 0 Å². The molecule has 0 saturated carbocycles. The Morgan fingerprint density at radius 3 is 2.35 bits per heavy atom. The fourth-order valence-electron chi connectivity index (χ4n) is 2.49. The maximum atomic E-state index is 14.1. The smallest absolute Gasteiger partial charge is 0.269 e. The van der Waals surface area contributed by atoms with Crippen LogP contribution in [0.15, 0.2) is 54.8 Å². The number of carbonyl (C=O) groups excluding carboxylic acids is 2. The molecule has 0 aliphatic carbocycles. The van der Waals surface area contributed by atoms with Crippen LogP contribution >= 0.6 is 0 Å². The maximum absolute atomic E-state index is 14.1.